The number of nitro groups is 1. The van der Waals surface area contributed by atoms with Crippen molar-refractivity contribution >= 4 is 43.3 Å². The predicted molar refractivity (Wildman–Crippen MR) is 56.5 cm³/mol. The summed E-state index contributed by atoms with van der Waals surface area (Å²) in [5.41, 5.74) is -1.33. The lowest BCUT2D eigenvalue weighted by Crippen LogP contribution is -2.03. The van der Waals surface area contributed by atoms with Gasteiger partial charge in [-0.05, 0) is 6.07 Å². The van der Waals surface area contributed by atoms with Crippen LogP contribution in [0.1, 0.15) is 10.4 Å². The number of halogens is 2. The highest BCUT2D eigenvalue weighted by molar-refractivity contribution is 8.13. The van der Waals surface area contributed by atoms with Crippen molar-refractivity contribution in [2.45, 2.75) is 4.90 Å². The Hall–Kier alpha value is -1.18. The molecule has 1 aromatic carbocycles. The molecule has 0 N–H and O–H groups in total. The van der Waals surface area contributed by atoms with Crippen molar-refractivity contribution in [1.29, 1.82) is 0 Å². The van der Waals surface area contributed by atoms with Gasteiger partial charge in [-0.15, -0.1) is 0 Å². The van der Waals surface area contributed by atoms with Crippen LogP contribution >= 0.6 is 22.3 Å². The molecule has 86 valence electrons. The number of carbonyl (C=O) groups excluding carboxylic acids is 1. The molecule has 0 aliphatic heterocycles. The number of hydrogen-bond acceptors (Lipinski definition) is 5. The van der Waals surface area contributed by atoms with Gasteiger partial charge in [0.1, 0.15) is 10.5 Å². The largest absolute Gasteiger partial charge is 0.298 e. The number of hydrogen-bond donors (Lipinski definition) is 0. The van der Waals surface area contributed by atoms with E-state index in [-0.39, 0.29) is 11.3 Å². The summed E-state index contributed by atoms with van der Waals surface area (Å²) >= 11 is 5.52. The van der Waals surface area contributed by atoms with E-state index in [0.717, 1.165) is 12.1 Å². The molecule has 1 aromatic rings. The van der Waals surface area contributed by atoms with Gasteiger partial charge in [0.2, 0.25) is 0 Å². The first-order valence-corrected chi connectivity index (χ1v) is 6.34. The van der Waals surface area contributed by atoms with E-state index in [1.54, 1.807) is 0 Å². The van der Waals surface area contributed by atoms with Crippen LogP contribution in [-0.2, 0) is 9.05 Å². The quantitative estimate of drug-likeness (QED) is 0.366. The minimum absolute atomic E-state index is 0.0271. The molecule has 0 heterocycles. The third-order valence-corrected chi connectivity index (χ3v) is 3.50. The molecule has 0 radical (unpaired) electrons. The molecular weight excluding hydrogens is 281 g/mol. The number of benzene rings is 1. The normalized spacial score (nSPS) is 11.1. The molecular formula is C7H3Cl2NO5S. The van der Waals surface area contributed by atoms with Crippen LogP contribution < -0.4 is 0 Å². The van der Waals surface area contributed by atoms with E-state index < -0.39 is 30.1 Å². The molecule has 6 nitrogen and oxygen atoms in total. The monoisotopic (exact) mass is 283 g/mol. The summed E-state index contributed by atoms with van der Waals surface area (Å²) in [4.78, 5) is 19.6. The fourth-order valence-electron chi connectivity index (χ4n) is 1.08. The van der Waals surface area contributed by atoms with Gasteiger partial charge in [-0.2, -0.15) is 0 Å². The molecule has 0 saturated carbocycles. The van der Waals surface area contributed by atoms with Gasteiger partial charge in [0.25, 0.3) is 14.7 Å². The zero-order valence-corrected chi connectivity index (χ0v) is 9.71. The molecule has 0 aliphatic carbocycles. The second-order valence-electron chi connectivity index (χ2n) is 2.62. The molecule has 0 fully saturated rings. The Bertz CT molecular complexity index is 568. The number of nitro benzene ring substituents is 1. The highest BCUT2D eigenvalue weighted by Crippen LogP contribution is 2.33. The summed E-state index contributed by atoms with van der Waals surface area (Å²) in [5.74, 6) is 0. The van der Waals surface area contributed by atoms with Crippen LogP contribution in [0.3, 0.4) is 0 Å². The lowest BCUT2D eigenvalue weighted by molar-refractivity contribution is -0.385. The van der Waals surface area contributed by atoms with Crippen molar-refractivity contribution in [2.75, 3.05) is 0 Å². The fourth-order valence-corrected chi connectivity index (χ4v) is 2.89. The van der Waals surface area contributed by atoms with Crippen LogP contribution in [-0.4, -0.2) is 19.6 Å². The van der Waals surface area contributed by atoms with Gasteiger partial charge in [0.05, 0.1) is 9.95 Å². The van der Waals surface area contributed by atoms with E-state index in [1.165, 1.54) is 0 Å². The van der Waals surface area contributed by atoms with Crippen molar-refractivity contribution < 1.29 is 18.1 Å². The van der Waals surface area contributed by atoms with Gasteiger partial charge in [0, 0.05) is 16.7 Å². The van der Waals surface area contributed by atoms with E-state index in [9.17, 15) is 23.3 Å². The zero-order chi connectivity index (χ0) is 12.5. The summed E-state index contributed by atoms with van der Waals surface area (Å²) in [7, 11) is 0.703. The first kappa shape index (κ1) is 12.9. The summed E-state index contributed by atoms with van der Waals surface area (Å²) in [6, 6.07) is 1.92. The van der Waals surface area contributed by atoms with E-state index >= 15 is 0 Å². The molecule has 0 atom stereocenters. The third-order valence-electron chi connectivity index (χ3n) is 1.68. The van der Waals surface area contributed by atoms with Crippen LogP contribution in [0.15, 0.2) is 17.0 Å². The fraction of sp³-hybridized carbons (Fsp3) is 0. The Morgan fingerprint density at radius 1 is 1.38 bits per heavy atom. The smallest absolute Gasteiger partial charge is 0.281 e. The summed E-state index contributed by atoms with van der Waals surface area (Å²) in [6.45, 7) is 0. The molecule has 0 unspecified atom stereocenters. The maximum absolute atomic E-state index is 11.1. The Balaban J connectivity index is 3.78. The van der Waals surface area contributed by atoms with Crippen LogP contribution in [0.25, 0.3) is 0 Å². The maximum atomic E-state index is 11.1. The Morgan fingerprint density at radius 2 is 1.94 bits per heavy atom. The number of carbonyl (C=O) groups is 1. The molecule has 16 heavy (non-hydrogen) atoms. The summed E-state index contributed by atoms with van der Waals surface area (Å²) in [6.07, 6.45) is 0.0271. The lowest BCUT2D eigenvalue weighted by atomic mass is 10.2. The maximum Gasteiger partial charge on any atom is 0.281 e. The van der Waals surface area contributed by atoms with Crippen LogP contribution in [0.5, 0.6) is 0 Å². The molecule has 0 aliphatic rings. The highest BCUT2D eigenvalue weighted by atomic mass is 35.7. The van der Waals surface area contributed by atoms with Gasteiger partial charge in [-0.25, -0.2) is 8.42 Å². The SMILES string of the molecule is O=Cc1c([N+](=O)[O-])ccc(Cl)c1S(=O)(=O)Cl. The number of rotatable bonds is 3. The van der Waals surface area contributed by atoms with E-state index in [4.69, 9.17) is 22.3 Å². The van der Waals surface area contributed by atoms with Gasteiger partial charge in [0.15, 0.2) is 6.29 Å². The first-order chi connectivity index (χ1) is 7.29. The van der Waals surface area contributed by atoms with Crippen molar-refractivity contribution in [3.05, 3.63) is 32.8 Å². The minimum Gasteiger partial charge on any atom is -0.298 e. The van der Waals surface area contributed by atoms with Crippen molar-refractivity contribution in [3.8, 4) is 0 Å². The van der Waals surface area contributed by atoms with Crippen LogP contribution in [0, 0.1) is 10.1 Å². The Labute approximate surface area is 99.3 Å². The summed E-state index contributed by atoms with van der Waals surface area (Å²) < 4.78 is 22.2. The Morgan fingerprint density at radius 3 is 2.31 bits per heavy atom. The van der Waals surface area contributed by atoms with E-state index in [2.05, 4.69) is 0 Å². The predicted octanol–water partition coefficient (Wildman–Crippen LogP) is 1.99. The highest BCUT2D eigenvalue weighted by Gasteiger charge is 2.27. The molecule has 0 aromatic heterocycles. The average Bonchev–Trinajstić information content (AvgIpc) is 2.14. The van der Waals surface area contributed by atoms with E-state index in [1.807, 2.05) is 0 Å². The minimum atomic E-state index is -4.33. The van der Waals surface area contributed by atoms with Gasteiger partial charge < -0.3 is 0 Å². The second-order valence-corrected chi connectivity index (χ2v) is 5.53. The molecule has 0 amide bonds. The number of nitrogens with zero attached hydrogens (tertiary/aromatic N) is 1. The van der Waals surface area contributed by atoms with Crippen molar-refractivity contribution in [3.63, 3.8) is 0 Å². The van der Waals surface area contributed by atoms with Gasteiger partial charge in [-0.1, -0.05) is 11.6 Å². The average molecular weight is 284 g/mol. The van der Waals surface area contributed by atoms with Crippen LogP contribution in [0.4, 0.5) is 5.69 Å². The van der Waals surface area contributed by atoms with Crippen molar-refractivity contribution in [2.24, 2.45) is 0 Å². The van der Waals surface area contributed by atoms with E-state index in [0.29, 0.717) is 0 Å². The molecule has 0 saturated heterocycles. The molecule has 9 heteroatoms. The standard InChI is InChI=1S/C7H3Cl2NO5S/c8-5-1-2-6(10(12)13)4(3-11)7(5)16(9,14)15/h1-3H. The topological polar surface area (TPSA) is 94.3 Å². The Kier molecular flexibility index (Phi) is 3.51. The molecule has 0 bridgehead atoms. The number of aldehydes is 1. The molecule has 1 rings (SSSR count). The van der Waals surface area contributed by atoms with Crippen molar-refractivity contribution in [1.82, 2.24) is 0 Å². The third kappa shape index (κ3) is 2.31. The zero-order valence-electron chi connectivity index (χ0n) is 7.38. The summed E-state index contributed by atoms with van der Waals surface area (Å²) in [5, 5.41) is 10.2. The van der Waals surface area contributed by atoms with Gasteiger partial charge >= 0.3 is 0 Å². The lowest BCUT2D eigenvalue weighted by Gasteiger charge is -2.03. The second kappa shape index (κ2) is 4.36. The van der Waals surface area contributed by atoms with Gasteiger partial charge in [-0.3, -0.25) is 14.9 Å². The molecule has 0 spiro atoms. The van der Waals surface area contributed by atoms with Crippen LogP contribution in [0.2, 0.25) is 5.02 Å². The first-order valence-electron chi connectivity index (χ1n) is 3.65.